The SMILES string of the molecule is [CH]1CCC2CCCN(C2)O1. The summed E-state index contributed by atoms with van der Waals surface area (Å²) in [6.07, 6.45) is 5.20. The second kappa shape index (κ2) is 2.89. The third-order valence-corrected chi connectivity index (χ3v) is 2.40. The molecule has 0 N–H and O–H groups in total. The Labute approximate surface area is 62.1 Å². The molecule has 0 aromatic rings. The molecule has 2 bridgehead atoms. The van der Waals surface area contributed by atoms with Crippen LogP contribution in [0.4, 0.5) is 0 Å². The van der Waals surface area contributed by atoms with Gasteiger partial charge in [0.05, 0.1) is 0 Å². The van der Waals surface area contributed by atoms with Gasteiger partial charge in [0.25, 0.3) is 0 Å². The molecule has 0 aromatic carbocycles. The topological polar surface area (TPSA) is 12.5 Å². The highest BCUT2D eigenvalue weighted by atomic mass is 16.7. The van der Waals surface area contributed by atoms with Crippen molar-refractivity contribution in [2.24, 2.45) is 5.92 Å². The summed E-state index contributed by atoms with van der Waals surface area (Å²) < 4.78 is 0. The summed E-state index contributed by atoms with van der Waals surface area (Å²) in [5.74, 6) is 0.910. The molecule has 2 fully saturated rings. The zero-order valence-corrected chi connectivity index (χ0v) is 6.25. The van der Waals surface area contributed by atoms with Gasteiger partial charge in [-0.25, -0.2) is 0 Å². The van der Waals surface area contributed by atoms with Crippen LogP contribution in [0, 0.1) is 12.5 Å². The van der Waals surface area contributed by atoms with Crippen molar-refractivity contribution in [1.29, 1.82) is 0 Å². The van der Waals surface area contributed by atoms with Crippen molar-refractivity contribution < 1.29 is 4.84 Å². The Balaban J connectivity index is 1.96. The quantitative estimate of drug-likeness (QED) is 0.506. The molecule has 2 saturated heterocycles. The molecule has 0 aliphatic carbocycles. The minimum atomic E-state index is 0.910. The predicted octanol–water partition coefficient (Wildman–Crippen LogP) is 1.59. The zero-order valence-electron chi connectivity index (χ0n) is 6.25. The van der Waals surface area contributed by atoms with Crippen molar-refractivity contribution in [3.05, 3.63) is 6.61 Å². The summed E-state index contributed by atoms with van der Waals surface area (Å²) in [4.78, 5) is 5.38. The number of rotatable bonds is 0. The second-order valence-corrected chi connectivity index (χ2v) is 3.25. The van der Waals surface area contributed by atoms with E-state index in [1.54, 1.807) is 0 Å². The van der Waals surface area contributed by atoms with Crippen LogP contribution in [0.1, 0.15) is 25.7 Å². The molecule has 0 amide bonds. The van der Waals surface area contributed by atoms with Crippen molar-refractivity contribution in [3.8, 4) is 0 Å². The standard InChI is InChI=1S/C8H14NO/c1-3-8-4-2-6-10-9(5-1)7-8/h6,8H,1-5,7H2. The largest absolute Gasteiger partial charge is 0.293 e. The van der Waals surface area contributed by atoms with Gasteiger partial charge in [-0.15, -0.1) is 0 Å². The molecule has 2 atom stereocenters. The van der Waals surface area contributed by atoms with Gasteiger partial charge in [0.2, 0.25) is 0 Å². The molecule has 2 unspecified atom stereocenters. The highest BCUT2D eigenvalue weighted by Crippen LogP contribution is 2.25. The van der Waals surface area contributed by atoms with Gasteiger partial charge in [-0.1, -0.05) is 0 Å². The van der Waals surface area contributed by atoms with E-state index in [9.17, 15) is 0 Å². The Morgan fingerprint density at radius 1 is 1.40 bits per heavy atom. The van der Waals surface area contributed by atoms with Crippen LogP contribution < -0.4 is 0 Å². The maximum absolute atomic E-state index is 5.38. The first-order valence-electron chi connectivity index (χ1n) is 4.18. The van der Waals surface area contributed by atoms with Gasteiger partial charge in [-0.2, -0.15) is 5.06 Å². The van der Waals surface area contributed by atoms with Crippen LogP contribution in [0.5, 0.6) is 0 Å². The Kier molecular flexibility index (Phi) is 1.91. The Morgan fingerprint density at radius 3 is 3.40 bits per heavy atom. The van der Waals surface area contributed by atoms with E-state index in [0.717, 1.165) is 25.4 Å². The van der Waals surface area contributed by atoms with Gasteiger partial charge in [-0.05, 0) is 31.6 Å². The van der Waals surface area contributed by atoms with Gasteiger partial charge >= 0.3 is 0 Å². The van der Waals surface area contributed by atoms with Gasteiger partial charge in [0.1, 0.15) is 6.61 Å². The smallest absolute Gasteiger partial charge is 0.107 e. The molecular weight excluding hydrogens is 126 g/mol. The molecule has 2 aliphatic rings. The van der Waals surface area contributed by atoms with Crippen LogP contribution in [-0.2, 0) is 4.84 Å². The normalized spacial score (nSPS) is 40.8. The first-order valence-corrected chi connectivity index (χ1v) is 4.18. The lowest BCUT2D eigenvalue weighted by molar-refractivity contribution is -0.138. The van der Waals surface area contributed by atoms with Crippen LogP contribution in [0.2, 0.25) is 0 Å². The van der Waals surface area contributed by atoms with Crippen LogP contribution in [0.15, 0.2) is 0 Å². The molecule has 0 spiro atoms. The maximum atomic E-state index is 5.38. The third-order valence-electron chi connectivity index (χ3n) is 2.40. The predicted molar refractivity (Wildman–Crippen MR) is 38.9 cm³/mol. The van der Waals surface area contributed by atoms with Gasteiger partial charge < -0.3 is 0 Å². The average Bonchev–Trinajstić information content (AvgIpc) is 2.12. The molecular formula is C8H14NO. The van der Waals surface area contributed by atoms with Gasteiger partial charge in [0, 0.05) is 13.1 Å². The molecule has 2 heteroatoms. The van der Waals surface area contributed by atoms with Crippen molar-refractivity contribution in [2.75, 3.05) is 13.1 Å². The summed E-state index contributed by atoms with van der Waals surface area (Å²) in [5.41, 5.74) is 0. The number of hydroxylamine groups is 2. The van der Waals surface area contributed by atoms with E-state index >= 15 is 0 Å². The number of piperidine rings is 1. The summed E-state index contributed by atoms with van der Waals surface area (Å²) in [6, 6.07) is 0. The van der Waals surface area contributed by atoms with Gasteiger partial charge in [0.15, 0.2) is 0 Å². The summed E-state index contributed by atoms with van der Waals surface area (Å²) in [6.45, 7) is 4.24. The molecule has 2 heterocycles. The molecule has 2 aliphatic heterocycles. The molecule has 1 radical (unpaired) electrons. The van der Waals surface area contributed by atoms with E-state index in [1.807, 2.05) is 6.61 Å². The van der Waals surface area contributed by atoms with E-state index < -0.39 is 0 Å². The number of nitrogens with zero attached hydrogens (tertiary/aromatic N) is 1. The molecule has 0 saturated carbocycles. The van der Waals surface area contributed by atoms with E-state index in [1.165, 1.54) is 19.3 Å². The first-order chi connectivity index (χ1) is 4.95. The Bertz CT molecular complexity index is 104. The summed E-state index contributed by atoms with van der Waals surface area (Å²) in [5, 5.41) is 2.10. The second-order valence-electron chi connectivity index (χ2n) is 3.25. The Hall–Kier alpha value is -0.0800. The van der Waals surface area contributed by atoms with Crippen LogP contribution in [0.3, 0.4) is 0 Å². The minimum absolute atomic E-state index is 0.910. The van der Waals surface area contributed by atoms with Crippen LogP contribution >= 0.6 is 0 Å². The first kappa shape index (κ1) is 6.62. The van der Waals surface area contributed by atoms with E-state index in [0.29, 0.717) is 0 Å². The lowest BCUT2D eigenvalue weighted by Gasteiger charge is -2.27. The number of hydrogen-bond acceptors (Lipinski definition) is 2. The highest BCUT2D eigenvalue weighted by molar-refractivity contribution is 4.73. The van der Waals surface area contributed by atoms with E-state index in [-0.39, 0.29) is 0 Å². The van der Waals surface area contributed by atoms with Crippen molar-refractivity contribution in [1.82, 2.24) is 5.06 Å². The molecule has 10 heavy (non-hydrogen) atoms. The number of fused-ring (bicyclic) bond motifs is 2. The lowest BCUT2D eigenvalue weighted by Crippen LogP contribution is -2.32. The Morgan fingerprint density at radius 2 is 2.40 bits per heavy atom. The number of hydrogen-bond donors (Lipinski definition) is 0. The fraction of sp³-hybridized carbons (Fsp3) is 0.875. The fourth-order valence-corrected chi connectivity index (χ4v) is 1.82. The fourth-order valence-electron chi connectivity index (χ4n) is 1.82. The molecule has 2 rings (SSSR count). The van der Waals surface area contributed by atoms with Crippen molar-refractivity contribution >= 4 is 0 Å². The summed E-state index contributed by atoms with van der Waals surface area (Å²) in [7, 11) is 0. The highest BCUT2D eigenvalue weighted by Gasteiger charge is 2.22. The average molecular weight is 140 g/mol. The lowest BCUT2D eigenvalue weighted by atomic mass is 9.95. The van der Waals surface area contributed by atoms with E-state index in [4.69, 9.17) is 4.84 Å². The van der Waals surface area contributed by atoms with Gasteiger partial charge in [-0.3, -0.25) is 4.84 Å². The molecule has 2 nitrogen and oxygen atoms in total. The molecule has 0 aromatic heterocycles. The van der Waals surface area contributed by atoms with Crippen molar-refractivity contribution in [2.45, 2.75) is 25.7 Å². The monoisotopic (exact) mass is 140 g/mol. The van der Waals surface area contributed by atoms with Crippen LogP contribution in [-0.4, -0.2) is 18.2 Å². The van der Waals surface area contributed by atoms with Crippen molar-refractivity contribution in [3.63, 3.8) is 0 Å². The molecule has 57 valence electrons. The summed E-state index contributed by atoms with van der Waals surface area (Å²) >= 11 is 0. The van der Waals surface area contributed by atoms with Crippen LogP contribution in [0.25, 0.3) is 0 Å². The minimum Gasteiger partial charge on any atom is -0.293 e. The maximum Gasteiger partial charge on any atom is 0.107 e. The van der Waals surface area contributed by atoms with E-state index in [2.05, 4.69) is 5.06 Å². The third kappa shape index (κ3) is 1.32. The zero-order chi connectivity index (χ0) is 6.81.